The fourth-order valence-corrected chi connectivity index (χ4v) is 1.94. The van der Waals surface area contributed by atoms with Crippen LogP contribution in [0.2, 0.25) is 0 Å². The minimum Gasteiger partial charge on any atom is -0.395 e. The van der Waals surface area contributed by atoms with Gasteiger partial charge in [0, 0.05) is 23.6 Å². The number of hydrogen-bond donors (Lipinski definition) is 4. The maximum Gasteiger partial charge on any atom is 0.237 e. The third-order valence-corrected chi connectivity index (χ3v) is 2.86. The van der Waals surface area contributed by atoms with Gasteiger partial charge < -0.3 is 21.1 Å². The Morgan fingerprint density at radius 2 is 2.22 bits per heavy atom. The van der Waals surface area contributed by atoms with Gasteiger partial charge in [0.25, 0.3) is 0 Å². The van der Waals surface area contributed by atoms with E-state index in [1.165, 1.54) is 0 Å². The third kappa shape index (κ3) is 2.69. The molecular formula is C13H17N3O2. The number of carbonyl (C=O) groups is 1. The molecule has 0 radical (unpaired) electrons. The molecule has 0 saturated heterocycles. The van der Waals surface area contributed by atoms with E-state index in [4.69, 9.17) is 10.8 Å². The topological polar surface area (TPSA) is 91.1 Å². The quantitative estimate of drug-likeness (QED) is 0.606. The van der Waals surface area contributed by atoms with E-state index in [1.807, 2.05) is 30.5 Å². The Balaban J connectivity index is 2.07. The summed E-state index contributed by atoms with van der Waals surface area (Å²) in [7, 11) is 0. The molecule has 0 spiro atoms. The van der Waals surface area contributed by atoms with Crippen LogP contribution in [0.4, 0.5) is 0 Å². The standard InChI is InChI=1S/C13H17N3O2/c14-11(13(18)15-5-6-17)7-9-8-16-12-4-2-1-3-10(9)12/h1-4,8,11,16-17H,5-7,14H2,(H,15,18). The van der Waals surface area contributed by atoms with E-state index in [1.54, 1.807) is 0 Å². The van der Waals surface area contributed by atoms with Gasteiger partial charge in [0.2, 0.25) is 5.91 Å². The Morgan fingerprint density at radius 3 is 3.00 bits per heavy atom. The van der Waals surface area contributed by atoms with E-state index in [0.717, 1.165) is 16.5 Å². The molecule has 18 heavy (non-hydrogen) atoms. The summed E-state index contributed by atoms with van der Waals surface area (Å²) >= 11 is 0. The summed E-state index contributed by atoms with van der Waals surface area (Å²) in [4.78, 5) is 14.8. The van der Waals surface area contributed by atoms with E-state index in [0.29, 0.717) is 6.42 Å². The van der Waals surface area contributed by atoms with Gasteiger partial charge in [-0.15, -0.1) is 0 Å². The first-order valence-electron chi connectivity index (χ1n) is 5.91. The zero-order chi connectivity index (χ0) is 13.0. The van der Waals surface area contributed by atoms with Crippen molar-refractivity contribution >= 4 is 16.8 Å². The summed E-state index contributed by atoms with van der Waals surface area (Å²) in [6, 6.07) is 7.29. The van der Waals surface area contributed by atoms with Crippen molar-refractivity contribution in [2.75, 3.05) is 13.2 Å². The van der Waals surface area contributed by atoms with E-state index < -0.39 is 6.04 Å². The molecule has 0 aliphatic heterocycles. The van der Waals surface area contributed by atoms with Crippen molar-refractivity contribution in [1.29, 1.82) is 0 Å². The van der Waals surface area contributed by atoms with Gasteiger partial charge in [-0.2, -0.15) is 0 Å². The molecule has 1 aromatic heterocycles. The third-order valence-electron chi connectivity index (χ3n) is 2.86. The molecule has 5 N–H and O–H groups in total. The lowest BCUT2D eigenvalue weighted by molar-refractivity contribution is -0.122. The molecule has 5 nitrogen and oxygen atoms in total. The van der Waals surface area contributed by atoms with Crippen LogP contribution in [-0.2, 0) is 11.2 Å². The number of benzene rings is 1. The number of H-pyrrole nitrogens is 1. The SMILES string of the molecule is NC(Cc1c[nH]c2ccccc12)C(=O)NCCO. The van der Waals surface area contributed by atoms with Crippen molar-refractivity contribution in [2.24, 2.45) is 5.73 Å². The maximum atomic E-state index is 11.6. The van der Waals surface area contributed by atoms with Gasteiger partial charge in [-0.25, -0.2) is 0 Å². The Kier molecular flexibility index (Phi) is 3.96. The number of hydrogen-bond acceptors (Lipinski definition) is 3. The van der Waals surface area contributed by atoms with Crippen LogP contribution in [0.5, 0.6) is 0 Å². The number of aromatic amines is 1. The minimum atomic E-state index is -0.601. The monoisotopic (exact) mass is 247 g/mol. The largest absolute Gasteiger partial charge is 0.395 e. The second-order valence-electron chi connectivity index (χ2n) is 4.18. The van der Waals surface area contributed by atoms with Crippen molar-refractivity contribution in [2.45, 2.75) is 12.5 Å². The van der Waals surface area contributed by atoms with Crippen LogP contribution in [0, 0.1) is 0 Å². The van der Waals surface area contributed by atoms with Gasteiger partial charge in [0.15, 0.2) is 0 Å². The first-order valence-corrected chi connectivity index (χ1v) is 5.91. The molecule has 0 fully saturated rings. The van der Waals surface area contributed by atoms with E-state index in [-0.39, 0.29) is 19.1 Å². The molecule has 2 rings (SSSR count). The first kappa shape index (κ1) is 12.6. The van der Waals surface area contributed by atoms with Gasteiger partial charge in [-0.3, -0.25) is 4.79 Å². The Bertz CT molecular complexity index is 536. The predicted molar refractivity (Wildman–Crippen MR) is 70.1 cm³/mol. The zero-order valence-corrected chi connectivity index (χ0v) is 10.0. The highest BCUT2D eigenvalue weighted by Crippen LogP contribution is 2.18. The lowest BCUT2D eigenvalue weighted by Crippen LogP contribution is -2.42. The van der Waals surface area contributed by atoms with Crippen molar-refractivity contribution in [1.82, 2.24) is 10.3 Å². The molecule has 1 heterocycles. The van der Waals surface area contributed by atoms with Crippen LogP contribution >= 0.6 is 0 Å². The van der Waals surface area contributed by atoms with Gasteiger partial charge in [-0.1, -0.05) is 18.2 Å². The fraction of sp³-hybridized carbons (Fsp3) is 0.308. The van der Waals surface area contributed by atoms with E-state index in [2.05, 4.69) is 10.3 Å². The molecular weight excluding hydrogens is 230 g/mol. The van der Waals surface area contributed by atoms with Gasteiger partial charge in [-0.05, 0) is 18.1 Å². The van der Waals surface area contributed by atoms with Crippen LogP contribution in [0.3, 0.4) is 0 Å². The fourth-order valence-electron chi connectivity index (χ4n) is 1.94. The minimum absolute atomic E-state index is 0.0778. The Hall–Kier alpha value is -1.85. The van der Waals surface area contributed by atoms with E-state index in [9.17, 15) is 4.79 Å². The number of rotatable bonds is 5. The normalized spacial score (nSPS) is 12.6. The number of nitrogens with two attached hydrogens (primary N) is 1. The average molecular weight is 247 g/mol. The number of fused-ring (bicyclic) bond motifs is 1. The molecule has 0 bridgehead atoms. The number of aromatic nitrogens is 1. The molecule has 2 aromatic rings. The van der Waals surface area contributed by atoms with Gasteiger partial charge >= 0.3 is 0 Å². The molecule has 5 heteroatoms. The number of aliphatic hydroxyl groups is 1. The summed E-state index contributed by atoms with van der Waals surface area (Å²) in [6.07, 6.45) is 2.35. The van der Waals surface area contributed by atoms with Crippen LogP contribution in [0.25, 0.3) is 10.9 Å². The second kappa shape index (κ2) is 5.66. The van der Waals surface area contributed by atoms with Crippen LogP contribution in [0.1, 0.15) is 5.56 Å². The van der Waals surface area contributed by atoms with Crippen LogP contribution < -0.4 is 11.1 Å². The molecule has 0 saturated carbocycles. The zero-order valence-electron chi connectivity index (χ0n) is 10.0. The summed E-state index contributed by atoms with van der Waals surface area (Å²) in [5.74, 6) is -0.241. The summed E-state index contributed by atoms with van der Waals surface area (Å²) in [6.45, 7) is 0.159. The summed E-state index contributed by atoms with van der Waals surface area (Å²) < 4.78 is 0. The van der Waals surface area contributed by atoms with Crippen LogP contribution in [0.15, 0.2) is 30.5 Å². The van der Waals surface area contributed by atoms with E-state index >= 15 is 0 Å². The molecule has 1 aromatic carbocycles. The maximum absolute atomic E-state index is 11.6. The Morgan fingerprint density at radius 1 is 1.44 bits per heavy atom. The lowest BCUT2D eigenvalue weighted by atomic mass is 10.1. The molecule has 1 amide bonds. The summed E-state index contributed by atoms with van der Waals surface area (Å²) in [5, 5.41) is 12.3. The smallest absolute Gasteiger partial charge is 0.237 e. The summed E-state index contributed by atoms with van der Waals surface area (Å²) in [5.41, 5.74) is 7.90. The molecule has 1 unspecified atom stereocenters. The highest BCUT2D eigenvalue weighted by Gasteiger charge is 2.15. The number of aliphatic hydroxyl groups excluding tert-OH is 1. The van der Waals surface area contributed by atoms with Crippen molar-refractivity contribution < 1.29 is 9.90 Å². The van der Waals surface area contributed by atoms with Crippen molar-refractivity contribution in [3.8, 4) is 0 Å². The lowest BCUT2D eigenvalue weighted by Gasteiger charge is -2.10. The van der Waals surface area contributed by atoms with Gasteiger partial charge in [0.1, 0.15) is 0 Å². The van der Waals surface area contributed by atoms with Crippen LogP contribution in [-0.4, -0.2) is 35.2 Å². The highest BCUT2D eigenvalue weighted by atomic mass is 16.3. The number of para-hydroxylation sites is 1. The van der Waals surface area contributed by atoms with Crippen molar-refractivity contribution in [3.63, 3.8) is 0 Å². The molecule has 0 aliphatic carbocycles. The molecule has 96 valence electrons. The molecule has 1 atom stereocenters. The number of carbonyl (C=O) groups excluding carboxylic acids is 1. The predicted octanol–water partition coefficient (Wildman–Crippen LogP) is 0.146. The number of amides is 1. The first-order chi connectivity index (χ1) is 8.72. The van der Waals surface area contributed by atoms with Crippen molar-refractivity contribution in [3.05, 3.63) is 36.0 Å². The average Bonchev–Trinajstić information content (AvgIpc) is 2.79. The number of nitrogens with one attached hydrogen (secondary N) is 2. The second-order valence-corrected chi connectivity index (χ2v) is 4.18. The highest BCUT2D eigenvalue weighted by molar-refractivity contribution is 5.86. The molecule has 0 aliphatic rings. The Labute approximate surface area is 105 Å². The van der Waals surface area contributed by atoms with Gasteiger partial charge in [0.05, 0.1) is 12.6 Å².